The fourth-order valence-electron chi connectivity index (χ4n) is 2.19. The number of ether oxygens (including phenoxy) is 1. The number of carbonyl (C=O) groups is 1. The van der Waals surface area contributed by atoms with Gasteiger partial charge in [-0.05, 0) is 17.7 Å². The normalized spacial score (nSPS) is 11.7. The Labute approximate surface area is 144 Å². The fraction of sp³-hybridized carbons (Fsp3) is 0.353. The van der Waals surface area contributed by atoms with Gasteiger partial charge in [0.25, 0.3) is 0 Å². The molecule has 0 fully saturated rings. The summed E-state index contributed by atoms with van der Waals surface area (Å²) in [4.78, 5) is 16.9. The summed E-state index contributed by atoms with van der Waals surface area (Å²) in [6.07, 6.45) is 1.97. The first kappa shape index (κ1) is 16.4. The second-order valence-electron chi connectivity index (χ2n) is 6.55. The van der Waals surface area contributed by atoms with Crippen LogP contribution < -0.4 is 5.32 Å². The first-order chi connectivity index (χ1) is 11.4. The van der Waals surface area contributed by atoms with Gasteiger partial charge in [-0.3, -0.25) is 0 Å². The predicted molar refractivity (Wildman–Crippen MR) is 94.7 cm³/mol. The Kier molecular flexibility index (Phi) is 4.28. The largest absolute Gasteiger partial charge is 0.465 e. The summed E-state index contributed by atoms with van der Waals surface area (Å²) in [5, 5.41) is 8.61. The Bertz CT molecular complexity index is 827. The third-order valence-electron chi connectivity index (χ3n) is 3.63. The molecule has 0 aliphatic carbocycles. The fourth-order valence-corrected chi connectivity index (χ4v) is 2.96. The molecule has 0 amide bonds. The number of aromatic nitrogens is 3. The molecule has 0 aliphatic rings. The van der Waals surface area contributed by atoms with Gasteiger partial charge in [0.2, 0.25) is 10.1 Å². The molecule has 0 atom stereocenters. The van der Waals surface area contributed by atoms with Crippen LogP contribution in [0.15, 0.2) is 30.5 Å². The Morgan fingerprint density at radius 3 is 2.58 bits per heavy atom. The van der Waals surface area contributed by atoms with Crippen molar-refractivity contribution in [2.45, 2.75) is 32.7 Å². The van der Waals surface area contributed by atoms with Gasteiger partial charge < -0.3 is 10.1 Å². The number of nitrogens with one attached hydrogen (secondary N) is 1. The van der Waals surface area contributed by atoms with Crippen molar-refractivity contribution in [1.29, 1.82) is 0 Å². The molecule has 0 radical (unpaired) electrons. The molecule has 6 nitrogen and oxygen atoms in total. The molecule has 3 aromatic rings. The van der Waals surface area contributed by atoms with Crippen molar-refractivity contribution in [2.75, 3.05) is 12.4 Å². The van der Waals surface area contributed by atoms with Crippen molar-refractivity contribution in [1.82, 2.24) is 14.6 Å². The van der Waals surface area contributed by atoms with E-state index in [9.17, 15) is 4.79 Å². The molecule has 0 bridgehead atoms. The summed E-state index contributed by atoms with van der Waals surface area (Å²) in [6.45, 7) is 7.04. The van der Waals surface area contributed by atoms with Crippen molar-refractivity contribution in [3.8, 4) is 0 Å². The zero-order valence-electron chi connectivity index (χ0n) is 14.2. The van der Waals surface area contributed by atoms with Crippen molar-refractivity contribution < 1.29 is 9.53 Å². The molecule has 7 heteroatoms. The molecule has 24 heavy (non-hydrogen) atoms. The molecule has 0 aliphatic heterocycles. The molecule has 0 spiro atoms. The Morgan fingerprint density at radius 2 is 2.00 bits per heavy atom. The number of carbonyl (C=O) groups excluding carboxylic acids is 1. The van der Waals surface area contributed by atoms with Crippen LogP contribution in [-0.2, 0) is 16.7 Å². The van der Waals surface area contributed by atoms with Crippen LogP contribution in [0.2, 0.25) is 0 Å². The van der Waals surface area contributed by atoms with Crippen molar-refractivity contribution in [3.63, 3.8) is 0 Å². The van der Waals surface area contributed by atoms with E-state index in [1.165, 1.54) is 18.4 Å². The molecule has 2 aromatic heterocycles. The van der Waals surface area contributed by atoms with Crippen LogP contribution in [0.3, 0.4) is 0 Å². The molecule has 1 N–H and O–H groups in total. The van der Waals surface area contributed by atoms with Gasteiger partial charge in [-0.15, -0.1) is 5.10 Å². The van der Waals surface area contributed by atoms with E-state index in [4.69, 9.17) is 4.74 Å². The second kappa shape index (κ2) is 6.24. The average Bonchev–Trinajstić information content (AvgIpc) is 3.11. The van der Waals surface area contributed by atoms with E-state index in [1.807, 2.05) is 22.8 Å². The minimum Gasteiger partial charge on any atom is -0.465 e. The van der Waals surface area contributed by atoms with Crippen LogP contribution in [-0.4, -0.2) is 27.7 Å². The average molecular weight is 344 g/mol. The van der Waals surface area contributed by atoms with Crippen molar-refractivity contribution >= 4 is 27.4 Å². The third kappa shape index (κ3) is 3.41. The first-order valence-corrected chi connectivity index (χ1v) is 8.46. The predicted octanol–water partition coefficient (Wildman–Crippen LogP) is 3.49. The van der Waals surface area contributed by atoms with Crippen LogP contribution in [0.5, 0.6) is 0 Å². The van der Waals surface area contributed by atoms with E-state index >= 15 is 0 Å². The monoisotopic (exact) mass is 344 g/mol. The molecule has 0 saturated carbocycles. The van der Waals surface area contributed by atoms with Crippen LogP contribution in [0.4, 0.5) is 5.13 Å². The molecule has 2 heterocycles. The standard InChI is InChI=1S/C17H20N4O2S/c1-17(2,3)13-10-21-16(19-13)24-15(20-21)18-9-11-5-7-12(8-6-11)14(22)23-4/h5-8,10H,9H2,1-4H3,(H,18,20). The minimum absolute atomic E-state index is 0.0163. The molecular formula is C17H20N4O2S. The van der Waals surface area contributed by atoms with Gasteiger partial charge in [0, 0.05) is 12.0 Å². The lowest BCUT2D eigenvalue weighted by Crippen LogP contribution is -2.11. The Hall–Kier alpha value is -2.41. The summed E-state index contributed by atoms with van der Waals surface area (Å²) in [5.74, 6) is -0.328. The highest BCUT2D eigenvalue weighted by atomic mass is 32.1. The third-order valence-corrected chi connectivity index (χ3v) is 4.51. The van der Waals surface area contributed by atoms with Crippen LogP contribution in [0, 0.1) is 0 Å². The molecular weight excluding hydrogens is 324 g/mol. The topological polar surface area (TPSA) is 68.5 Å². The lowest BCUT2D eigenvalue weighted by atomic mass is 9.93. The van der Waals surface area contributed by atoms with Gasteiger partial charge in [0.15, 0.2) is 0 Å². The van der Waals surface area contributed by atoms with Gasteiger partial charge in [0.05, 0.1) is 24.6 Å². The highest BCUT2D eigenvalue weighted by Gasteiger charge is 2.19. The van der Waals surface area contributed by atoms with Crippen LogP contribution in [0.1, 0.15) is 42.4 Å². The number of nitrogens with zero attached hydrogens (tertiary/aromatic N) is 3. The maximum atomic E-state index is 11.4. The Balaban J connectivity index is 1.67. The number of methoxy groups -OCH3 is 1. The number of hydrogen-bond donors (Lipinski definition) is 1. The zero-order chi connectivity index (χ0) is 17.3. The zero-order valence-corrected chi connectivity index (χ0v) is 15.0. The molecule has 126 valence electrons. The molecule has 3 rings (SSSR count). The summed E-state index contributed by atoms with van der Waals surface area (Å²) in [6, 6.07) is 7.31. The van der Waals surface area contributed by atoms with E-state index in [2.05, 4.69) is 36.2 Å². The van der Waals surface area contributed by atoms with E-state index in [0.29, 0.717) is 12.1 Å². The number of esters is 1. The summed E-state index contributed by atoms with van der Waals surface area (Å²) < 4.78 is 6.50. The highest BCUT2D eigenvalue weighted by molar-refractivity contribution is 7.20. The van der Waals surface area contributed by atoms with E-state index in [1.54, 1.807) is 12.1 Å². The number of benzene rings is 1. The van der Waals surface area contributed by atoms with Crippen LogP contribution in [0.25, 0.3) is 4.96 Å². The number of fused-ring (bicyclic) bond motifs is 1. The number of anilines is 1. The number of rotatable bonds is 4. The lowest BCUT2D eigenvalue weighted by molar-refractivity contribution is 0.0600. The summed E-state index contributed by atoms with van der Waals surface area (Å²) >= 11 is 1.52. The molecule has 0 saturated heterocycles. The summed E-state index contributed by atoms with van der Waals surface area (Å²) in [5.41, 5.74) is 2.66. The van der Waals surface area contributed by atoms with Gasteiger partial charge in [0.1, 0.15) is 0 Å². The van der Waals surface area contributed by atoms with Gasteiger partial charge in [-0.1, -0.05) is 44.2 Å². The van der Waals surface area contributed by atoms with Gasteiger partial charge >= 0.3 is 5.97 Å². The van der Waals surface area contributed by atoms with E-state index in [-0.39, 0.29) is 11.4 Å². The van der Waals surface area contributed by atoms with Crippen molar-refractivity contribution in [3.05, 3.63) is 47.3 Å². The number of imidazole rings is 1. The van der Waals surface area contributed by atoms with E-state index in [0.717, 1.165) is 21.3 Å². The van der Waals surface area contributed by atoms with Crippen molar-refractivity contribution in [2.24, 2.45) is 0 Å². The molecule has 1 aromatic carbocycles. The maximum absolute atomic E-state index is 11.4. The summed E-state index contributed by atoms with van der Waals surface area (Å²) in [7, 11) is 1.38. The Morgan fingerprint density at radius 1 is 1.29 bits per heavy atom. The van der Waals surface area contributed by atoms with E-state index < -0.39 is 0 Å². The second-order valence-corrected chi connectivity index (χ2v) is 7.51. The SMILES string of the molecule is COC(=O)c1ccc(CNc2nn3cc(C(C)(C)C)nc3s2)cc1. The van der Waals surface area contributed by atoms with Crippen LogP contribution >= 0.6 is 11.3 Å². The lowest BCUT2D eigenvalue weighted by Gasteiger charge is -2.13. The number of hydrogen-bond acceptors (Lipinski definition) is 6. The minimum atomic E-state index is -0.328. The van der Waals surface area contributed by atoms with Gasteiger partial charge in [-0.2, -0.15) is 0 Å². The smallest absolute Gasteiger partial charge is 0.337 e. The quantitative estimate of drug-likeness (QED) is 0.734. The molecule has 0 unspecified atom stereocenters. The highest BCUT2D eigenvalue weighted by Crippen LogP contribution is 2.25. The van der Waals surface area contributed by atoms with Gasteiger partial charge in [-0.25, -0.2) is 14.3 Å². The first-order valence-electron chi connectivity index (χ1n) is 7.64. The maximum Gasteiger partial charge on any atom is 0.337 e.